The van der Waals surface area contributed by atoms with Crippen molar-refractivity contribution in [2.24, 2.45) is 0 Å². The number of thioether (sulfide) groups is 1. The Morgan fingerprint density at radius 2 is 2.17 bits per heavy atom. The van der Waals surface area contributed by atoms with Crippen LogP contribution in [0.2, 0.25) is 0 Å². The molecule has 18 heavy (non-hydrogen) atoms. The van der Waals surface area contributed by atoms with Crippen molar-refractivity contribution in [1.82, 2.24) is 19.7 Å². The van der Waals surface area contributed by atoms with E-state index in [9.17, 15) is 4.79 Å². The Bertz CT molecular complexity index is 394. The summed E-state index contributed by atoms with van der Waals surface area (Å²) in [6.45, 7) is 6.81. The monoisotopic (exact) mass is 272 g/mol. The number of carbonyl (C=O) groups is 1. The van der Waals surface area contributed by atoms with E-state index >= 15 is 0 Å². The predicted octanol–water partition coefficient (Wildman–Crippen LogP) is 0.969. The highest BCUT2D eigenvalue weighted by molar-refractivity contribution is 7.99. The summed E-state index contributed by atoms with van der Waals surface area (Å²) < 4.78 is 2.01. The lowest BCUT2D eigenvalue weighted by Gasteiger charge is -2.15. The topological polar surface area (TPSA) is 71.2 Å². The predicted molar refractivity (Wildman–Crippen MR) is 70.9 cm³/mol. The van der Waals surface area contributed by atoms with Gasteiger partial charge in [0.25, 0.3) is 0 Å². The molecule has 0 spiro atoms. The van der Waals surface area contributed by atoms with Crippen LogP contribution in [0.5, 0.6) is 0 Å². The molecule has 0 saturated carbocycles. The minimum absolute atomic E-state index is 0.0193. The zero-order chi connectivity index (χ0) is 13.5. The van der Waals surface area contributed by atoms with E-state index in [4.69, 9.17) is 5.11 Å². The van der Waals surface area contributed by atoms with E-state index in [0.29, 0.717) is 5.16 Å². The van der Waals surface area contributed by atoms with E-state index in [2.05, 4.69) is 29.1 Å². The average molecular weight is 272 g/mol. The number of rotatable bonds is 8. The van der Waals surface area contributed by atoms with Crippen molar-refractivity contribution in [1.29, 1.82) is 0 Å². The number of hydrogen-bond donors (Lipinski definition) is 1. The van der Waals surface area contributed by atoms with Gasteiger partial charge in [-0.05, 0) is 13.6 Å². The van der Waals surface area contributed by atoms with Crippen LogP contribution in [0.15, 0.2) is 5.16 Å². The van der Waals surface area contributed by atoms with Crippen LogP contribution in [0.4, 0.5) is 0 Å². The summed E-state index contributed by atoms with van der Waals surface area (Å²) in [5, 5.41) is 17.5. The summed E-state index contributed by atoms with van der Waals surface area (Å²) in [7, 11) is 2.06. The Morgan fingerprint density at radius 1 is 1.44 bits per heavy atom. The molecule has 7 heteroatoms. The standard InChI is InChI=1S/C11H20N4O2S/c1-4-9-12-13-11(18-8-10(16)17)15(9)7-6-14(3)5-2/h4-8H2,1-3H3,(H,16,17). The van der Waals surface area contributed by atoms with Crippen molar-refractivity contribution in [2.75, 3.05) is 25.9 Å². The van der Waals surface area contributed by atoms with Gasteiger partial charge in [0.05, 0.1) is 5.75 Å². The Morgan fingerprint density at radius 3 is 2.72 bits per heavy atom. The van der Waals surface area contributed by atoms with Gasteiger partial charge in [-0.25, -0.2) is 0 Å². The molecule has 0 aliphatic rings. The molecule has 1 N–H and O–H groups in total. The highest BCUT2D eigenvalue weighted by Gasteiger charge is 2.12. The number of carboxylic acids is 1. The number of likely N-dealkylation sites (N-methyl/N-ethyl adjacent to an activating group) is 1. The average Bonchev–Trinajstić information content (AvgIpc) is 2.75. The summed E-state index contributed by atoms with van der Waals surface area (Å²) in [6, 6.07) is 0. The van der Waals surface area contributed by atoms with Crippen molar-refractivity contribution in [3.8, 4) is 0 Å². The molecule has 0 fully saturated rings. The fourth-order valence-corrected chi connectivity index (χ4v) is 2.17. The molecule has 102 valence electrons. The van der Waals surface area contributed by atoms with Gasteiger partial charge in [0.15, 0.2) is 5.16 Å². The number of hydrogen-bond acceptors (Lipinski definition) is 5. The number of aryl methyl sites for hydroxylation is 1. The van der Waals surface area contributed by atoms with Crippen LogP contribution in [-0.2, 0) is 17.8 Å². The van der Waals surface area contributed by atoms with Gasteiger partial charge in [0.1, 0.15) is 5.82 Å². The first kappa shape index (κ1) is 15.0. The lowest BCUT2D eigenvalue weighted by molar-refractivity contribution is -0.133. The summed E-state index contributed by atoms with van der Waals surface area (Å²) in [4.78, 5) is 12.8. The summed E-state index contributed by atoms with van der Waals surface area (Å²) in [5.41, 5.74) is 0. The first-order valence-corrected chi connectivity index (χ1v) is 7.02. The highest BCUT2D eigenvalue weighted by Crippen LogP contribution is 2.17. The van der Waals surface area contributed by atoms with Gasteiger partial charge in [-0.15, -0.1) is 10.2 Å². The van der Waals surface area contributed by atoms with Crippen molar-refractivity contribution in [2.45, 2.75) is 32.0 Å². The molecular weight excluding hydrogens is 252 g/mol. The third-order valence-corrected chi connectivity index (χ3v) is 3.63. The Kier molecular flexibility index (Phi) is 6.14. The molecule has 6 nitrogen and oxygen atoms in total. The van der Waals surface area contributed by atoms with Crippen LogP contribution in [0, 0.1) is 0 Å². The van der Waals surface area contributed by atoms with E-state index in [1.807, 2.05) is 11.5 Å². The van der Waals surface area contributed by atoms with E-state index in [1.54, 1.807) is 0 Å². The van der Waals surface area contributed by atoms with E-state index in [-0.39, 0.29) is 5.75 Å². The maximum absolute atomic E-state index is 10.6. The minimum atomic E-state index is -0.835. The zero-order valence-electron chi connectivity index (χ0n) is 11.1. The lowest BCUT2D eigenvalue weighted by Crippen LogP contribution is -2.23. The second-order valence-corrected chi connectivity index (χ2v) is 4.92. The van der Waals surface area contributed by atoms with Crippen LogP contribution < -0.4 is 0 Å². The quantitative estimate of drug-likeness (QED) is 0.711. The van der Waals surface area contributed by atoms with E-state index in [1.165, 1.54) is 11.8 Å². The highest BCUT2D eigenvalue weighted by atomic mass is 32.2. The Hall–Kier alpha value is -1.08. The van der Waals surface area contributed by atoms with Gasteiger partial charge in [-0.2, -0.15) is 0 Å². The second kappa shape index (κ2) is 7.38. The van der Waals surface area contributed by atoms with Crippen LogP contribution >= 0.6 is 11.8 Å². The first-order valence-electron chi connectivity index (χ1n) is 6.03. The van der Waals surface area contributed by atoms with Crippen LogP contribution in [-0.4, -0.2) is 56.6 Å². The molecule has 1 rings (SSSR count). The third-order valence-electron chi connectivity index (χ3n) is 2.68. The molecule has 0 atom stereocenters. The third kappa shape index (κ3) is 4.30. The molecular formula is C11H20N4O2S. The fraction of sp³-hybridized carbons (Fsp3) is 0.727. The smallest absolute Gasteiger partial charge is 0.313 e. The largest absolute Gasteiger partial charge is 0.481 e. The molecule has 0 bridgehead atoms. The molecule has 0 aliphatic heterocycles. The first-order chi connectivity index (χ1) is 8.58. The second-order valence-electron chi connectivity index (χ2n) is 3.98. The summed E-state index contributed by atoms with van der Waals surface area (Å²) >= 11 is 1.22. The van der Waals surface area contributed by atoms with Crippen LogP contribution in [0.1, 0.15) is 19.7 Å². The molecule has 1 aromatic heterocycles. The molecule has 0 unspecified atom stereocenters. The van der Waals surface area contributed by atoms with Crippen LogP contribution in [0.3, 0.4) is 0 Å². The summed E-state index contributed by atoms with van der Waals surface area (Å²) in [5.74, 6) is 0.0940. The van der Waals surface area contributed by atoms with E-state index < -0.39 is 5.97 Å². The number of aliphatic carboxylic acids is 1. The summed E-state index contributed by atoms with van der Waals surface area (Å²) in [6.07, 6.45) is 0.802. The van der Waals surface area contributed by atoms with Gasteiger partial charge in [0.2, 0.25) is 0 Å². The molecule has 0 aromatic carbocycles. The van der Waals surface area contributed by atoms with E-state index in [0.717, 1.165) is 31.9 Å². The van der Waals surface area contributed by atoms with Crippen molar-refractivity contribution >= 4 is 17.7 Å². The van der Waals surface area contributed by atoms with Gasteiger partial charge >= 0.3 is 5.97 Å². The maximum Gasteiger partial charge on any atom is 0.313 e. The van der Waals surface area contributed by atoms with Gasteiger partial charge in [0, 0.05) is 19.5 Å². The lowest BCUT2D eigenvalue weighted by atomic mass is 10.4. The molecule has 1 aromatic rings. The fourth-order valence-electron chi connectivity index (χ4n) is 1.47. The molecule has 0 radical (unpaired) electrons. The number of carboxylic acid groups (broad SMARTS) is 1. The minimum Gasteiger partial charge on any atom is -0.481 e. The Labute approximate surface area is 111 Å². The SMILES string of the molecule is CCc1nnc(SCC(=O)O)n1CCN(C)CC. The molecule has 1 heterocycles. The molecule has 0 aliphatic carbocycles. The van der Waals surface area contributed by atoms with Crippen molar-refractivity contribution < 1.29 is 9.90 Å². The number of aromatic nitrogens is 3. The molecule has 0 saturated heterocycles. The Balaban J connectivity index is 2.71. The van der Waals surface area contributed by atoms with Crippen molar-refractivity contribution in [3.05, 3.63) is 5.82 Å². The maximum atomic E-state index is 10.6. The normalized spacial score (nSPS) is 11.1. The van der Waals surface area contributed by atoms with Crippen LogP contribution in [0.25, 0.3) is 0 Å². The zero-order valence-corrected chi connectivity index (χ0v) is 11.9. The van der Waals surface area contributed by atoms with Gasteiger partial charge < -0.3 is 14.6 Å². The molecule has 0 amide bonds. The van der Waals surface area contributed by atoms with Gasteiger partial charge in [-0.1, -0.05) is 25.6 Å². The van der Waals surface area contributed by atoms with Gasteiger partial charge in [-0.3, -0.25) is 4.79 Å². The number of nitrogens with zero attached hydrogens (tertiary/aromatic N) is 4. The van der Waals surface area contributed by atoms with Crippen molar-refractivity contribution in [3.63, 3.8) is 0 Å².